The molecule has 0 aliphatic heterocycles. The fraction of sp³-hybridized carbons (Fsp3) is 0. The molecule has 0 fully saturated rings. The lowest BCUT2D eigenvalue weighted by molar-refractivity contribution is 0.798. The van der Waals surface area contributed by atoms with E-state index in [0.29, 0.717) is 16.9 Å². The van der Waals surface area contributed by atoms with Crippen LogP contribution in [0, 0.1) is 0 Å². The molecule has 2 heterocycles. The third-order valence-electron chi connectivity index (χ3n) is 2.48. The Kier molecular flexibility index (Phi) is 4.05. The second kappa shape index (κ2) is 5.97. The molecule has 1 aromatic carbocycles. The lowest BCUT2D eigenvalue weighted by Gasteiger charge is -2.08. The maximum Gasteiger partial charge on any atom is 0.256 e. The van der Waals surface area contributed by atoms with Gasteiger partial charge in [0, 0.05) is 21.9 Å². The summed E-state index contributed by atoms with van der Waals surface area (Å²) in [5.74, 6) is 0.635. The average molecular weight is 386 g/mol. The van der Waals surface area contributed by atoms with Gasteiger partial charge >= 0.3 is 0 Å². The highest BCUT2D eigenvalue weighted by Gasteiger charge is 2.09. The Hall–Kier alpha value is -1.70. The number of aromatic nitrogens is 5. The normalized spacial score (nSPS) is 10.6. The van der Waals surface area contributed by atoms with Crippen LogP contribution in [-0.4, -0.2) is 24.7 Å². The van der Waals surface area contributed by atoms with Crippen LogP contribution in [0.4, 0.5) is 11.6 Å². The van der Waals surface area contributed by atoms with Gasteiger partial charge in [-0.3, -0.25) is 0 Å². The van der Waals surface area contributed by atoms with Gasteiger partial charge in [0.05, 0.1) is 5.69 Å². The molecule has 0 spiro atoms. The molecule has 0 atom stereocenters. The van der Waals surface area contributed by atoms with Crippen molar-refractivity contribution in [3.63, 3.8) is 0 Å². The molecule has 3 rings (SSSR count). The number of rotatable bonds is 3. The summed E-state index contributed by atoms with van der Waals surface area (Å²) in [4.78, 5) is 12.3. The molecule has 0 aliphatic carbocycles. The van der Waals surface area contributed by atoms with E-state index in [9.17, 15) is 0 Å². The minimum atomic E-state index is 0.0723. The first kappa shape index (κ1) is 14.2. The minimum Gasteiger partial charge on any atom is -0.323 e. The van der Waals surface area contributed by atoms with Crippen LogP contribution in [0.3, 0.4) is 0 Å². The number of benzene rings is 1. The monoisotopic (exact) mass is 384 g/mol. The second-order valence-corrected chi connectivity index (χ2v) is 5.56. The number of hydrogen-bond donors (Lipinski definition) is 1. The molecule has 0 radical (unpaired) electrons. The van der Waals surface area contributed by atoms with Crippen molar-refractivity contribution < 1.29 is 0 Å². The molecule has 3 aromatic rings. The average Bonchev–Trinajstić information content (AvgIpc) is 2.95. The summed E-state index contributed by atoms with van der Waals surface area (Å²) >= 11 is 15.2. The number of hydrogen-bond acceptors (Lipinski definition) is 5. The van der Waals surface area contributed by atoms with Crippen molar-refractivity contribution in [2.45, 2.75) is 0 Å². The number of nitrogens with one attached hydrogen (secondary N) is 1. The first-order chi connectivity index (χ1) is 10.1. The maximum absolute atomic E-state index is 5.92. The highest BCUT2D eigenvalue weighted by Crippen LogP contribution is 2.27. The Bertz CT molecular complexity index is 777. The van der Waals surface area contributed by atoms with Gasteiger partial charge in [-0.05, 0) is 51.8 Å². The Morgan fingerprint density at radius 2 is 2.00 bits per heavy atom. The van der Waals surface area contributed by atoms with Crippen LogP contribution in [0.1, 0.15) is 0 Å². The number of anilines is 2. The van der Waals surface area contributed by atoms with Crippen molar-refractivity contribution in [1.82, 2.24) is 24.7 Å². The Morgan fingerprint density at radius 1 is 1.14 bits per heavy atom. The van der Waals surface area contributed by atoms with E-state index < -0.39 is 0 Å². The molecule has 0 bridgehead atoms. The molecule has 0 amide bonds. The zero-order valence-corrected chi connectivity index (χ0v) is 13.4. The van der Waals surface area contributed by atoms with E-state index in [2.05, 4.69) is 41.3 Å². The van der Waals surface area contributed by atoms with Crippen LogP contribution in [-0.2, 0) is 0 Å². The van der Waals surface area contributed by atoms with Crippen LogP contribution < -0.4 is 5.32 Å². The van der Waals surface area contributed by atoms with Crippen molar-refractivity contribution in [1.29, 1.82) is 0 Å². The van der Waals surface area contributed by atoms with Crippen LogP contribution in [0.15, 0.2) is 41.1 Å². The Morgan fingerprint density at radius 3 is 2.71 bits per heavy atom. The molecule has 0 saturated carbocycles. The fourth-order valence-corrected chi connectivity index (χ4v) is 2.53. The molecule has 0 unspecified atom stereocenters. The van der Waals surface area contributed by atoms with Crippen LogP contribution in [0.25, 0.3) is 5.95 Å². The molecular formula is C12H7BrCl2N6. The molecule has 2 aromatic heterocycles. The second-order valence-electron chi connectivity index (χ2n) is 3.93. The topological polar surface area (TPSA) is 68.5 Å². The van der Waals surface area contributed by atoms with Crippen molar-refractivity contribution >= 4 is 50.8 Å². The zero-order chi connectivity index (χ0) is 14.8. The Balaban J connectivity index is 1.95. The predicted molar refractivity (Wildman–Crippen MR) is 84.4 cm³/mol. The van der Waals surface area contributed by atoms with Crippen molar-refractivity contribution in [3.8, 4) is 5.95 Å². The third kappa shape index (κ3) is 3.31. The third-order valence-corrected chi connectivity index (χ3v) is 3.54. The standard InChI is InChI=1S/C12H7BrCl2N6/c13-8-6-7(14)2-3-9(8)17-11-18-10(15)19-12(20-11)21-5-1-4-16-21/h1-6H,(H,17,18,19,20). The van der Waals surface area contributed by atoms with Crippen LogP contribution in [0.5, 0.6) is 0 Å². The Labute approximate surface area is 138 Å². The molecular weight excluding hydrogens is 379 g/mol. The fourth-order valence-electron chi connectivity index (χ4n) is 1.60. The minimum absolute atomic E-state index is 0.0723. The summed E-state index contributed by atoms with van der Waals surface area (Å²) in [5, 5.41) is 7.80. The molecule has 9 heteroatoms. The molecule has 0 saturated heterocycles. The van der Waals surface area contributed by atoms with Crippen molar-refractivity contribution in [2.75, 3.05) is 5.32 Å². The van der Waals surface area contributed by atoms with E-state index in [0.717, 1.165) is 10.2 Å². The highest BCUT2D eigenvalue weighted by molar-refractivity contribution is 9.10. The van der Waals surface area contributed by atoms with Gasteiger partial charge in [0.1, 0.15) is 0 Å². The summed E-state index contributed by atoms with van der Waals surface area (Å²) in [6.45, 7) is 0. The smallest absolute Gasteiger partial charge is 0.256 e. The van der Waals surface area contributed by atoms with E-state index in [4.69, 9.17) is 23.2 Å². The van der Waals surface area contributed by atoms with Gasteiger partial charge in [-0.25, -0.2) is 4.68 Å². The van der Waals surface area contributed by atoms with E-state index in [1.54, 1.807) is 36.7 Å². The lowest BCUT2D eigenvalue weighted by Crippen LogP contribution is -2.07. The first-order valence-electron chi connectivity index (χ1n) is 5.75. The first-order valence-corrected chi connectivity index (χ1v) is 7.30. The predicted octanol–water partition coefficient (Wildman–Crippen LogP) is 3.87. The summed E-state index contributed by atoms with van der Waals surface area (Å²) in [7, 11) is 0. The van der Waals surface area contributed by atoms with Gasteiger partial charge in [0.25, 0.3) is 5.95 Å². The van der Waals surface area contributed by atoms with E-state index >= 15 is 0 Å². The highest BCUT2D eigenvalue weighted by atomic mass is 79.9. The number of nitrogens with zero attached hydrogens (tertiary/aromatic N) is 5. The summed E-state index contributed by atoms with van der Waals surface area (Å²) in [6.07, 6.45) is 3.34. The van der Waals surface area contributed by atoms with Gasteiger partial charge in [-0.1, -0.05) is 11.6 Å². The molecule has 106 valence electrons. The molecule has 0 aliphatic rings. The van der Waals surface area contributed by atoms with Gasteiger partial charge in [0.2, 0.25) is 11.2 Å². The zero-order valence-electron chi connectivity index (χ0n) is 10.3. The van der Waals surface area contributed by atoms with Gasteiger partial charge in [-0.2, -0.15) is 20.1 Å². The van der Waals surface area contributed by atoms with E-state index in [1.165, 1.54) is 4.68 Å². The van der Waals surface area contributed by atoms with Crippen LogP contribution in [0.2, 0.25) is 10.3 Å². The van der Waals surface area contributed by atoms with Gasteiger partial charge in [-0.15, -0.1) is 0 Å². The molecule has 6 nitrogen and oxygen atoms in total. The van der Waals surface area contributed by atoms with Crippen LogP contribution >= 0.6 is 39.1 Å². The van der Waals surface area contributed by atoms with Gasteiger partial charge < -0.3 is 5.32 Å². The molecule has 21 heavy (non-hydrogen) atoms. The number of halogens is 3. The van der Waals surface area contributed by atoms with E-state index in [1.807, 2.05) is 0 Å². The van der Waals surface area contributed by atoms with Gasteiger partial charge in [0.15, 0.2) is 0 Å². The SMILES string of the molecule is Clc1ccc(Nc2nc(Cl)nc(-n3cccn3)n2)c(Br)c1. The van der Waals surface area contributed by atoms with Crippen molar-refractivity contribution in [3.05, 3.63) is 51.4 Å². The summed E-state index contributed by atoms with van der Waals surface area (Å²) in [5.41, 5.74) is 0.757. The molecule has 1 N–H and O–H groups in total. The summed E-state index contributed by atoms with van der Waals surface area (Å²) in [6, 6.07) is 7.09. The maximum atomic E-state index is 5.92. The van der Waals surface area contributed by atoms with Crippen molar-refractivity contribution in [2.24, 2.45) is 0 Å². The largest absolute Gasteiger partial charge is 0.323 e. The lowest BCUT2D eigenvalue weighted by atomic mass is 10.3. The summed E-state index contributed by atoms with van der Waals surface area (Å²) < 4.78 is 2.28. The van der Waals surface area contributed by atoms with E-state index in [-0.39, 0.29) is 5.28 Å². The quantitative estimate of drug-likeness (QED) is 0.741.